The smallest absolute Gasteiger partial charge is 0.172 e. The van der Waals surface area contributed by atoms with Crippen LogP contribution in [0.15, 0.2) is 6.20 Å². The van der Waals surface area contributed by atoms with Crippen molar-refractivity contribution in [2.75, 3.05) is 5.32 Å². The number of hydrogen-bond acceptors (Lipinski definition) is 3. The zero-order chi connectivity index (χ0) is 8.55. The molecule has 0 saturated heterocycles. The van der Waals surface area contributed by atoms with Crippen molar-refractivity contribution in [2.45, 2.75) is 13.5 Å². The maximum absolute atomic E-state index is 4.94. The van der Waals surface area contributed by atoms with Gasteiger partial charge in [0.15, 0.2) is 5.11 Å². The Bertz CT molecular complexity index is 336. The van der Waals surface area contributed by atoms with E-state index in [2.05, 4.69) is 20.6 Å². The van der Waals surface area contributed by atoms with Crippen LogP contribution >= 0.6 is 12.2 Å². The van der Waals surface area contributed by atoms with Crippen molar-refractivity contribution in [3.8, 4) is 0 Å². The van der Waals surface area contributed by atoms with Crippen LogP contribution < -0.4 is 10.6 Å². The third-order valence-electron chi connectivity index (χ3n) is 1.66. The van der Waals surface area contributed by atoms with Gasteiger partial charge in [0.25, 0.3) is 0 Å². The second-order valence-corrected chi connectivity index (χ2v) is 3.01. The van der Waals surface area contributed by atoms with Crippen molar-refractivity contribution in [2.24, 2.45) is 0 Å². The van der Waals surface area contributed by atoms with Gasteiger partial charge >= 0.3 is 0 Å². The molecule has 2 heterocycles. The number of nitrogens with zero attached hydrogens (tertiary/aromatic N) is 2. The number of aryl methyl sites for hydroxylation is 1. The summed E-state index contributed by atoms with van der Waals surface area (Å²) in [5.74, 6) is 1.58. The molecule has 12 heavy (non-hydrogen) atoms. The second-order valence-electron chi connectivity index (χ2n) is 2.60. The van der Waals surface area contributed by atoms with Gasteiger partial charge in [-0.2, -0.15) is 0 Å². The van der Waals surface area contributed by atoms with Gasteiger partial charge in [-0.05, 0) is 19.1 Å². The van der Waals surface area contributed by atoms with Crippen molar-refractivity contribution in [1.82, 2.24) is 15.3 Å². The van der Waals surface area contributed by atoms with Crippen molar-refractivity contribution < 1.29 is 0 Å². The van der Waals surface area contributed by atoms with Crippen LogP contribution in [0.4, 0.5) is 5.82 Å². The zero-order valence-corrected chi connectivity index (χ0v) is 7.40. The lowest BCUT2D eigenvalue weighted by atomic mass is 10.3. The lowest BCUT2D eigenvalue weighted by Gasteiger charge is -2.18. The minimum Gasteiger partial charge on any atom is -0.358 e. The Balaban J connectivity index is 2.44. The average molecular weight is 180 g/mol. The molecule has 5 heteroatoms. The van der Waals surface area contributed by atoms with E-state index in [1.54, 1.807) is 6.20 Å². The van der Waals surface area contributed by atoms with Crippen LogP contribution in [0.1, 0.15) is 11.4 Å². The third-order valence-corrected chi connectivity index (χ3v) is 1.90. The lowest BCUT2D eigenvalue weighted by molar-refractivity contribution is 0.871. The highest BCUT2D eigenvalue weighted by Crippen LogP contribution is 2.14. The van der Waals surface area contributed by atoms with E-state index in [9.17, 15) is 0 Å². The molecule has 0 saturated carbocycles. The summed E-state index contributed by atoms with van der Waals surface area (Å²) in [7, 11) is 0. The Morgan fingerprint density at radius 1 is 1.58 bits per heavy atom. The minimum absolute atomic E-state index is 0.626. The molecule has 1 aromatic heterocycles. The van der Waals surface area contributed by atoms with E-state index < -0.39 is 0 Å². The van der Waals surface area contributed by atoms with Crippen LogP contribution in [0.3, 0.4) is 0 Å². The van der Waals surface area contributed by atoms with Crippen LogP contribution in [-0.2, 0) is 6.54 Å². The Hall–Kier alpha value is -1.23. The van der Waals surface area contributed by atoms with E-state index in [1.165, 1.54) is 0 Å². The molecule has 1 aliphatic rings. The summed E-state index contributed by atoms with van der Waals surface area (Å²) in [5.41, 5.74) is 1.05. The first kappa shape index (κ1) is 7.42. The Labute approximate surface area is 75.4 Å². The van der Waals surface area contributed by atoms with Gasteiger partial charge < -0.3 is 10.6 Å². The van der Waals surface area contributed by atoms with Crippen LogP contribution in [0.2, 0.25) is 0 Å². The summed E-state index contributed by atoms with van der Waals surface area (Å²) in [5, 5.41) is 6.59. The number of fused-ring (bicyclic) bond motifs is 1. The summed E-state index contributed by atoms with van der Waals surface area (Å²) >= 11 is 4.94. The Morgan fingerprint density at radius 2 is 2.42 bits per heavy atom. The molecule has 0 aromatic carbocycles. The van der Waals surface area contributed by atoms with Gasteiger partial charge in [-0.3, -0.25) is 0 Å². The predicted octanol–water partition coefficient (Wildman–Crippen LogP) is 0.585. The quantitative estimate of drug-likeness (QED) is 0.572. The molecule has 2 rings (SSSR count). The lowest BCUT2D eigenvalue weighted by Crippen LogP contribution is -2.33. The fourth-order valence-corrected chi connectivity index (χ4v) is 1.23. The summed E-state index contributed by atoms with van der Waals surface area (Å²) in [6, 6.07) is 0. The highest BCUT2D eigenvalue weighted by molar-refractivity contribution is 7.80. The SMILES string of the molecule is Cc1ncc2c(n1)NC(=S)NC2. The zero-order valence-electron chi connectivity index (χ0n) is 6.59. The van der Waals surface area contributed by atoms with E-state index in [1.807, 2.05) is 6.92 Å². The minimum atomic E-state index is 0.626. The van der Waals surface area contributed by atoms with Gasteiger partial charge in [0.2, 0.25) is 0 Å². The highest BCUT2D eigenvalue weighted by atomic mass is 32.1. The van der Waals surface area contributed by atoms with Gasteiger partial charge in [0, 0.05) is 18.3 Å². The Kier molecular flexibility index (Phi) is 1.65. The van der Waals surface area contributed by atoms with Gasteiger partial charge in [-0.15, -0.1) is 0 Å². The Morgan fingerprint density at radius 3 is 3.25 bits per heavy atom. The molecule has 0 amide bonds. The van der Waals surface area contributed by atoms with Crippen LogP contribution in [0.5, 0.6) is 0 Å². The molecule has 0 aliphatic carbocycles. The van der Waals surface area contributed by atoms with Gasteiger partial charge in [-0.25, -0.2) is 9.97 Å². The molecule has 2 N–H and O–H groups in total. The summed E-state index contributed by atoms with van der Waals surface area (Å²) in [6.45, 7) is 2.56. The third kappa shape index (κ3) is 1.23. The molecular weight excluding hydrogens is 172 g/mol. The van der Waals surface area contributed by atoms with E-state index in [-0.39, 0.29) is 0 Å². The van der Waals surface area contributed by atoms with Crippen LogP contribution in [-0.4, -0.2) is 15.1 Å². The van der Waals surface area contributed by atoms with Gasteiger partial charge in [0.1, 0.15) is 11.6 Å². The topological polar surface area (TPSA) is 49.8 Å². The average Bonchev–Trinajstić information content (AvgIpc) is 2.03. The van der Waals surface area contributed by atoms with E-state index in [0.29, 0.717) is 11.7 Å². The predicted molar refractivity (Wildman–Crippen MR) is 49.8 cm³/mol. The molecule has 0 bridgehead atoms. The summed E-state index contributed by atoms with van der Waals surface area (Å²) < 4.78 is 0. The van der Waals surface area contributed by atoms with Crippen molar-refractivity contribution in [1.29, 1.82) is 0 Å². The van der Waals surface area contributed by atoms with Crippen LogP contribution in [0, 0.1) is 6.92 Å². The number of hydrogen-bond donors (Lipinski definition) is 2. The number of thiocarbonyl (C=S) groups is 1. The molecule has 1 aliphatic heterocycles. The first-order valence-electron chi connectivity index (χ1n) is 3.63. The van der Waals surface area contributed by atoms with Crippen molar-refractivity contribution >= 4 is 23.1 Å². The maximum atomic E-state index is 4.94. The van der Waals surface area contributed by atoms with E-state index in [0.717, 1.165) is 17.2 Å². The van der Waals surface area contributed by atoms with Gasteiger partial charge in [-0.1, -0.05) is 0 Å². The molecule has 0 radical (unpaired) electrons. The molecule has 62 valence electrons. The van der Waals surface area contributed by atoms with Crippen molar-refractivity contribution in [3.63, 3.8) is 0 Å². The van der Waals surface area contributed by atoms with E-state index in [4.69, 9.17) is 12.2 Å². The molecule has 0 atom stereocenters. The molecule has 0 fully saturated rings. The fourth-order valence-electron chi connectivity index (χ4n) is 1.06. The molecule has 0 unspecified atom stereocenters. The molecule has 0 spiro atoms. The maximum Gasteiger partial charge on any atom is 0.172 e. The van der Waals surface area contributed by atoms with Gasteiger partial charge in [0.05, 0.1) is 0 Å². The molecule has 1 aromatic rings. The number of aromatic nitrogens is 2. The number of anilines is 1. The second kappa shape index (κ2) is 2.67. The number of nitrogens with one attached hydrogen (secondary N) is 2. The first-order valence-corrected chi connectivity index (χ1v) is 4.04. The molecule has 4 nitrogen and oxygen atoms in total. The van der Waals surface area contributed by atoms with E-state index >= 15 is 0 Å². The molecular formula is C7H8N4S. The van der Waals surface area contributed by atoms with Crippen molar-refractivity contribution in [3.05, 3.63) is 17.6 Å². The monoisotopic (exact) mass is 180 g/mol. The first-order chi connectivity index (χ1) is 5.75. The normalized spacial score (nSPS) is 14.6. The highest BCUT2D eigenvalue weighted by Gasteiger charge is 2.12. The standard InChI is InChI=1S/C7H8N4S/c1-4-8-2-5-3-9-7(12)11-6(5)10-4/h2H,3H2,1H3,(H2,8,9,10,11,12). The largest absolute Gasteiger partial charge is 0.358 e. The summed E-state index contributed by atoms with van der Waals surface area (Å²) in [6.07, 6.45) is 1.80. The fraction of sp³-hybridized carbons (Fsp3) is 0.286. The number of rotatable bonds is 0. The van der Waals surface area contributed by atoms with Crippen LogP contribution in [0.25, 0.3) is 0 Å². The summed E-state index contributed by atoms with van der Waals surface area (Å²) in [4.78, 5) is 8.30.